The molecule has 2 rings (SSSR count). The lowest BCUT2D eigenvalue weighted by Crippen LogP contribution is -2.21. The molecule has 0 radical (unpaired) electrons. The number of hydrogen-bond donors (Lipinski definition) is 1. The van der Waals surface area contributed by atoms with Gasteiger partial charge in [-0.25, -0.2) is 8.78 Å². The van der Waals surface area contributed by atoms with Crippen LogP contribution in [0.25, 0.3) is 0 Å². The van der Waals surface area contributed by atoms with Crippen LogP contribution in [0.5, 0.6) is 0 Å². The van der Waals surface area contributed by atoms with Crippen molar-refractivity contribution in [3.05, 3.63) is 55.3 Å². The van der Waals surface area contributed by atoms with Gasteiger partial charge in [-0.15, -0.1) is 11.3 Å². The fourth-order valence-electron chi connectivity index (χ4n) is 1.85. The first-order valence-corrected chi connectivity index (χ1v) is 7.49. The van der Waals surface area contributed by atoms with Crippen molar-refractivity contribution in [3.8, 4) is 0 Å². The maximum absolute atomic E-state index is 13.3. The van der Waals surface area contributed by atoms with E-state index in [4.69, 9.17) is 0 Å². The second-order valence-corrected chi connectivity index (χ2v) is 6.68. The molecule has 0 saturated heterocycles. The maximum atomic E-state index is 13.3. The first kappa shape index (κ1) is 13.9. The SMILES string of the molecule is CCNC(c1cc(F)cc(F)c1)c1csc(I)c1. The van der Waals surface area contributed by atoms with E-state index in [1.54, 1.807) is 11.3 Å². The van der Waals surface area contributed by atoms with E-state index in [-0.39, 0.29) is 6.04 Å². The van der Waals surface area contributed by atoms with E-state index in [1.807, 2.05) is 18.4 Å². The highest BCUT2D eigenvalue weighted by atomic mass is 127. The lowest BCUT2D eigenvalue weighted by molar-refractivity contribution is 0.565. The van der Waals surface area contributed by atoms with E-state index in [2.05, 4.69) is 27.9 Å². The zero-order valence-electron chi connectivity index (χ0n) is 9.71. The van der Waals surface area contributed by atoms with E-state index in [9.17, 15) is 8.78 Å². The maximum Gasteiger partial charge on any atom is 0.126 e. The molecule has 0 aliphatic heterocycles. The molecule has 1 aromatic heterocycles. The first-order valence-electron chi connectivity index (χ1n) is 5.53. The molecule has 18 heavy (non-hydrogen) atoms. The van der Waals surface area contributed by atoms with Crippen LogP contribution in [0.3, 0.4) is 0 Å². The highest BCUT2D eigenvalue weighted by Gasteiger charge is 2.16. The van der Waals surface area contributed by atoms with Gasteiger partial charge in [-0.3, -0.25) is 0 Å². The third-order valence-electron chi connectivity index (χ3n) is 2.55. The highest BCUT2D eigenvalue weighted by Crippen LogP contribution is 2.28. The lowest BCUT2D eigenvalue weighted by Gasteiger charge is -2.17. The van der Waals surface area contributed by atoms with Gasteiger partial charge in [0.1, 0.15) is 11.6 Å². The van der Waals surface area contributed by atoms with Gasteiger partial charge < -0.3 is 5.32 Å². The van der Waals surface area contributed by atoms with Crippen LogP contribution in [0.2, 0.25) is 0 Å². The Kier molecular flexibility index (Phi) is 4.69. The summed E-state index contributed by atoms with van der Waals surface area (Å²) in [6.45, 7) is 2.70. The highest BCUT2D eigenvalue weighted by molar-refractivity contribution is 14.1. The molecule has 1 nitrogen and oxygen atoms in total. The van der Waals surface area contributed by atoms with Gasteiger partial charge in [0, 0.05) is 6.07 Å². The number of benzene rings is 1. The largest absolute Gasteiger partial charge is 0.307 e. The minimum Gasteiger partial charge on any atom is -0.307 e. The minimum absolute atomic E-state index is 0.167. The molecule has 0 bridgehead atoms. The van der Waals surface area contributed by atoms with E-state index >= 15 is 0 Å². The lowest BCUT2D eigenvalue weighted by atomic mass is 10.0. The minimum atomic E-state index is -0.544. The Labute approximate surface area is 122 Å². The number of halogens is 3. The van der Waals surface area contributed by atoms with Crippen LogP contribution in [0.15, 0.2) is 29.6 Å². The molecular weight excluding hydrogens is 367 g/mol. The van der Waals surface area contributed by atoms with Crippen LogP contribution in [0.4, 0.5) is 8.78 Å². The second kappa shape index (κ2) is 6.08. The Hall–Kier alpha value is -0.530. The summed E-state index contributed by atoms with van der Waals surface area (Å²) >= 11 is 3.86. The van der Waals surface area contributed by atoms with Gasteiger partial charge in [-0.05, 0) is 63.8 Å². The first-order chi connectivity index (χ1) is 8.60. The number of nitrogens with one attached hydrogen (secondary N) is 1. The Bertz CT molecular complexity index is 521. The van der Waals surface area contributed by atoms with Crippen LogP contribution in [0, 0.1) is 14.5 Å². The molecule has 0 spiro atoms. The molecule has 0 aliphatic rings. The average Bonchev–Trinajstić information content (AvgIpc) is 2.71. The molecule has 0 amide bonds. The quantitative estimate of drug-likeness (QED) is 0.780. The molecule has 2 aromatic rings. The van der Waals surface area contributed by atoms with Crippen molar-refractivity contribution in [1.82, 2.24) is 5.32 Å². The summed E-state index contributed by atoms with van der Waals surface area (Å²) < 4.78 is 27.7. The topological polar surface area (TPSA) is 12.0 Å². The summed E-state index contributed by atoms with van der Waals surface area (Å²) in [5, 5.41) is 5.26. The van der Waals surface area contributed by atoms with E-state index in [0.717, 1.165) is 21.1 Å². The summed E-state index contributed by atoms with van der Waals surface area (Å²) in [5.74, 6) is -1.09. The van der Waals surface area contributed by atoms with Gasteiger partial charge in [0.15, 0.2) is 0 Å². The Balaban J connectivity index is 2.40. The van der Waals surface area contributed by atoms with Gasteiger partial charge in [0.05, 0.1) is 8.93 Å². The number of hydrogen-bond acceptors (Lipinski definition) is 2. The number of rotatable bonds is 4. The predicted molar refractivity (Wildman–Crippen MR) is 78.9 cm³/mol. The van der Waals surface area contributed by atoms with Gasteiger partial charge in [0.25, 0.3) is 0 Å². The van der Waals surface area contributed by atoms with Crippen molar-refractivity contribution in [2.75, 3.05) is 6.54 Å². The molecule has 0 fully saturated rings. The van der Waals surface area contributed by atoms with Crippen molar-refractivity contribution in [1.29, 1.82) is 0 Å². The van der Waals surface area contributed by atoms with E-state index in [1.165, 1.54) is 12.1 Å². The summed E-state index contributed by atoms with van der Waals surface area (Å²) in [5.41, 5.74) is 1.65. The predicted octanol–water partition coefficient (Wildman–Crippen LogP) is 4.33. The third-order valence-corrected chi connectivity index (χ3v) is 4.35. The van der Waals surface area contributed by atoms with Crippen molar-refractivity contribution >= 4 is 33.9 Å². The monoisotopic (exact) mass is 379 g/mol. The van der Waals surface area contributed by atoms with Crippen molar-refractivity contribution in [2.45, 2.75) is 13.0 Å². The van der Waals surface area contributed by atoms with Crippen LogP contribution < -0.4 is 5.32 Å². The molecule has 1 aromatic carbocycles. The Morgan fingerprint density at radius 3 is 2.33 bits per heavy atom. The van der Waals surface area contributed by atoms with Gasteiger partial charge in [-0.2, -0.15) is 0 Å². The van der Waals surface area contributed by atoms with Crippen LogP contribution >= 0.6 is 33.9 Å². The summed E-state index contributed by atoms with van der Waals surface area (Å²) in [6.07, 6.45) is 0. The fourth-order valence-corrected chi connectivity index (χ4v) is 3.25. The second-order valence-electron chi connectivity index (χ2n) is 3.88. The summed E-state index contributed by atoms with van der Waals surface area (Å²) in [4.78, 5) is 0. The Morgan fingerprint density at radius 2 is 1.83 bits per heavy atom. The molecule has 0 saturated carbocycles. The van der Waals surface area contributed by atoms with E-state index in [0.29, 0.717) is 5.56 Å². The van der Waals surface area contributed by atoms with Crippen LogP contribution in [0.1, 0.15) is 24.1 Å². The Morgan fingerprint density at radius 1 is 1.17 bits per heavy atom. The summed E-state index contributed by atoms with van der Waals surface area (Å²) in [7, 11) is 0. The third kappa shape index (κ3) is 3.27. The summed E-state index contributed by atoms with van der Waals surface area (Å²) in [6, 6.07) is 5.51. The normalized spacial score (nSPS) is 12.7. The molecule has 5 heteroatoms. The average molecular weight is 379 g/mol. The van der Waals surface area contributed by atoms with Crippen LogP contribution in [-0.4, -0.2) is 6.54 Å². The number of thiophene rings is 1. The molecule has 1 unspecified atom stereocenters. The van der Waals surface area contributed by atoms with Crippen LogP contribution in [-0.2, 0) is 0 Å². The van der Waals surface area contributed by atoms with Crippen molar-refractivity contribution in [2.24, 2.45) is 0 Å². The van der Waals surface area contributed by atoms with Gasteiger partial charge in [-0.1, -0.05) is 6.92 Å². The zero-order chi connectivity index (χ0) is 13.1. The van der Waals surface area contributed by atoms with Crippen molar-refractivity contribution in [3.63, 3.8) is 0 Å². The molecule has 1 heterocycles. The smallest absolute Gasteiger partial charge is 0.126 e. The molecule has 0 aliphatic carbocycles. The van der Waals surface area contributed by atoms with Crippen molar-refractivity contribution < 1.29 is 8.78 Å². The molecular formula is C13H12F2INS. The molecule has 96 valence electrons. The molecule has 1 atom stereocenters. The standard InChI is InChI=1S/C13H12F2INS/c1-2-17-13(9-5-12(16)18-7-9)8-3-10(14)6-11(15)4-8/h3-7,13,17H,2H2,1H3. The fraction of sp³-hybridized carbons (Fsp3) is 0.231. The van der Waals surface area contributed by atoms with E-state index < -0.39 is 11.6 Å². The van der Waals surface area contributed by atoms with Gasteiger partial charge in [0.2, 0.25) is 0 Å². The van der Waals surface area contributed by atoms with Gasteiger partial charge >= 0.3 is 0 Å². The zero-order valence-corrected chi connectivity index (χ0v) is 12.7. The molecule has 1 N–H and O–H groups in total.